The number of nitriles is 1. The summed E-state index contributed by atoms with van der Waals surface area (Å²) in [5, 5.41) is 8.54. The minimum absolute atomic E-state index is 0.0577. The lowest BCUT2D eigenvalue weighted by atomic mass is 9.96. The minimum Gasteiger partial charge on any atom is -0.288 e. The number of ketones is 1. The highest BCUT2D eigenvalue weighted by Gasteiger charge is 2.44. The zero-order valence-corrected chi connectivity index (χ0v) is 7.45. The second kappa shape index (κ2) is 4.13. The third-order valence-corrected chi connectivity index (χ3v) is 1.80. The third kappa shape index (κ3) is 2.56. The summed E-state index contributed by atoms with van der Waals surface area (Å²) in [4.78, 5) is 10.8. The molecule has 78 valence electrons. The van der Waals surface area contributed by atoms with Gasteiger partial charge in [-0.2, -0.15) is 18.4 Å². The molecule has 0 amide bonds. The summed E-state index contributed by atoms with van der Waals surface area (Å²) in [7, 11) is 0. The van der Waals surface area contributed by atoms with Gasteiger partial charge in [0.25, 0.3) is 5.78 Å². The van der Waals surface area contributed by atoms with Crippen LogP contribution in [0.25, 0.3) is 0 Å². The number of carbonyl (C=O) groups is 1. The molecule has 0 unspecified atom stereocenters. The second-order valence-corrected chi connectivity index (χ2v) is 2.83. The molecule has 0 saturated carbocycles. The molecule has 0 fully saturated rings. The molecule has 1 aromatic carbocycles. The average Bonchev–Trinajstić information content (AvgIpc) is 2.19. The van der Waals surface area contributed by atoms with Crippen LogP contribution in [0.3, 0.4) is 0 Å². The molecule has 0 aromatic heterocycles. The topological polar surface area (TPSA) is 40.9 Å². The molecule has 15 heavy (non-hydrogen) atoms. The molecular weight excluding hydrogens is 207 g/mol. The maximum atomic E-state index is 12.1. The molecule has 0 saturated heterocycles. The fourth-order valence-electron chi connectivity index (χ4n) is 1.09. The first-order chi connectivity index (χ1) is 6.96. The van der Waals surface area contributed by atoms with Crippen molar-refractivity contribution in [2.75, 3.05) is 0 Å². The summed E-state index contributed by atoms with van der Waals surface area (Å²) >= 11 is 0. The molecule has 0 heterocycles. The van der Waals surface area contributed by atoms with E-state index in [4.69, 9.17) is 5.26 Å². The standard InChI is InChI=1S/C10H6F3NO/c11-10(12,13)9(15)8(6-14)7-4-2-1-3-5-7/h1-5,8H/t8-/m1/s1. The number of hydrogen-bond acceptors (Lipinski definition) is 2. The summed E-state index contributed by atoms with van der Waals surface area (Å²) in [6.07, 6.45) is -4.98. The summed E-state index contributed by atoms with van der Waals surface area (Å²) in [5.74, 6) is -3.80. The van der Waals surface area contributed by atoms with E-state index in [0.717, 1.165) is 0 Å². The normalized spacial score (nSPS) is 12.9. The third-order valence-electron chi connectivity index (χ3n) is 1.80. The highest BCUT2D eigenvalue weighted by atomic mass is 19.4. The first-order valence-electron chi connectivity index (χ1n) is 4.02. The highest BCUT2D eigenvalue weighted by Crippen LogP contribution is 2.26. The van der Waals surface area contributed by atoms with Gasteiger partial charge in [-0.3, -0.25) is 4.79 Å². The SMILES string of the molecule is N#C[C@@H](C(=O)C(F)(F)F)c1ccccc1. The summed E-state index contributed by atoms with van der Waals surface area (Å²) < 4.78 is 36.2. The van der Waals surface area contributed by atoms with Gasteiger partial charge in [0.05, 0.1) is 6.07 Å². The Labute approximate surface area is 83.9 Å². The number of hydrogen-bond donors (Lipinski definition) is 0. The zero-order chi connectivity index (χ0) is 11.5. The van der Waals surface area contributed by atoms with Gasteiger partial charge in [-0.25, -0.2) is 0 Å². The van der Waals surface area contributed by atoms with Crippen LogP contribution in [0.2, 0.25) is 0 Å². The number of alkyl halides is 3. The van der Waals surface area contributed by atoms with Crippen LogP contribution < -0.4 is 0 Å². The summed E-state index contributed by atoms with van der Waals surface area (Å²) in [6, 6.07) is 8.53. The lowest BCUT2D eigenvalue weighted by Crippen LogP contribution is -2.28. The van der Waals surface area contributed by atoms with Crippen molar-refractivity contribution in [2.45, 2.75) is 12.1 Å². The van der Waals surface area contributed by atoms with Gasteiger partial charge in [0.15, 0.2) is 0 Å². The monoisotopic (exact) mass is 213 g/mol. The Bertz CT molecular complexity index is 391. The lowest BCUT2D eigenvalue weighted by molar-refractivity contribution is -0.171. The van der Waals surface area contributed by atoms with Crippen LogP contribution in [0.4, 0.5) is 13.2 Å². The van der Waals surface area contributed by atoms with Crippen molar-refractivity contribution in [2.24, 2.45) is 0 Å². The van der Waals surface area contributed by atoms with E-state index in [1.54, 1.807) is 6.07 Å². The quantitative estimate of drug-likeness (QED) is 0.756. The number of benzene rings is 1. The Morgan fingerprint density at radius 3 is 2.20 bits per heavy atom. The van der Waals surface area contributed by atoms with Crippen LogP contribution in [0.1, 0.15) is 11.5 Å². The Morgan fingerprint density at radius 2 is 1.80 bits per heavy atom. The fraction of sp³-hybridized carbons (Fsp3) is 0.200. The van der Waals surface area contributed by atoms with Gasteiger partial charge < -0.3 is 0 Å². The van der Waals surface area contributed by atoms with Crippen molar-refractivity contribution in [1.82, 2.24) is 0 Å². The van der Waals surface area contributed by atoms with E-state index in [-0.39, 0.29) is 5.56 Å². The molecule has 0 aliphatic heterocycles. The number of rotatable bonds is 2. The van der Waals surface area contributed by atoms with Crippen molar-refractivity contribution < 1.29 is 18.0 Å². The van der Waals surface area contributed by atoms with Crippen molar-refractivity contribution in [3.05, 3.63) is 35.9 Å². The van der Waals surface area contributed by atoms with Gasteiger partial charge >= 0.3 is 6.18 Å². The van der Waals surface area contributed by atoms with E-state index >= 15 is 0 Å². The fourth-order valence-corrected chi connectivity index (χ4v) is 1.09. The number of carbonyl (C=O) groups excluding carboxylic acids is 1. The Kier molecular flexibility index (Phi) is 3.10. The predicted octanol–water partition coefficient (Wildman–Crippen LogP) is 2.43. The van der Waals surface area contributed by atoms with Gasteiger partial charge in [-0.05, 0) is 5.56 Å². The van der Waals surface area contributed by atoms with E-state index in [0.29, 0.717) is 0 Å². The number of halogens is 3. The van der Waals surface area contributed by atoms with Gasteiger partial charge in [0.1, 0.15) is 5.92 Å². The molecule has 2 nitrogen and oxygen atoms in total. The first kappa shape index (κ1) is 11.2. The zero-order valence-electron chi connectivity index (χ0n) is 7.45. The van der Waals surface area contributed by atoms with Crippen molar-refractivity contribution in [1.29, 1.82) is 5.26 Å². The average molecular weight is 213 g/mol. The van der Waals surface area contributed by atoms with Crippen LogP contribution >= 0.6 is 0 Å². The molecular formula is C10H6F3NO. The van der Waals surface area contributed by atoms with E-state index in [1.165, 1.54) is 30.3 Å². The molecule has 5 heteroatoms. The lowest BCUT2D eigenvalue weighted by Gasteiger charge is -2.10. The Balaban J connectivity index is 3.03. The molecule has 1 aromatic rings. The summed E-state index contributed by atoms with van der Waals surface area (Å²) in [5.41, 5.74) is 0.0577. The first-order valence-corrected chi connectivity index (χ1v) is 4.02. The largest absolute Gasteiger partial charge is 0.451 e. The van der Waals surface area contributed by atoms with Crippen molar-refractivity contribution in [3.63, 3.8) is 0 Å². The van der Waals surface area contributed by atoms with E-state index in [9.17, 15) is 18.0 Å². The van der Waals surface area contributed by atoms with Crippen LogP contribution in [-0.2, 0) is 4.79 Å². The molecule has 0 radical (unpaired) electrons. The Hall–Kier alpha value is -1.83. The van der Waals surface area contributed by atoms with E-state index < -0.39 is 17.9 Å². The second-order valence-electron chi connectivity index (χ2n) is 2.83. The highest BCUT2D eigenvalue weighted by molar-refractivity contribution is 5.92. The molecule has 0 spiro atoms. The summed E-state index contributed by atoms with van der Waals surface area (Å²) in [6.45, 7) is 0. The molecule has 0 aliphatic carbocycles. The van der Waals surface area contributed by atoms with Gasteiger partial charge in [0, 0.05) is 0 Å². The minimum atomic E-state index is -4.98. The van der Waals surface area contributed by atoms with Gasteiger partial charge in [-0.15, -0.1) is 0 Å². The van der Waals surface area contributed by atoms with Crippen LogP contribution in [0.15, 0.2) is 30.3 Å². The number of nitrogens with zero attached hydrogens (tertiary/aromatic N) is 1. The molecule has 0 bridgehead atoms. The molecule has 0 N–H and O–H groups in total. The molecule has 0 aliphatic rings. The predicted molar refractivity (Wildman–Crippen MR) is 45.9 cm³/mol. The van der Waals surface area contributed by atoms with Gasteiger partial charge in [0.2, 0.25) is 0 Å². The van der Waals surface area contributed by atoms with Crippen molar-refractivity contribution >= 4 is 5.78 Å². The Morgan fingerprint density at radius 1 is 1.27 bits per heavy atom. The maximum absolute atomic E-state index is 12.1. The number of Topliss-reactive ketones (excluding diaryl/α,β-unsaturated/α-hetero) is 1. The maximum Gasteiger partial charge on any atom is 0.451 e. The molecule has 1 rings (SSSR count). The van der Waals surface area contributed by atoms with Crippen LogP contribution in [-0.4, -0.2) is 12.0 Å². The van der Waals surface area contributed by atoms with E-state index in [1.807, 2.05) is 0 Å². The van der Waals surface area contributed by atoms with Crippen LogP contribution in [0, 0.1) is 11.3 Å². The smallest absolute Gasteiger partial charge is 0.288 e. The molecule has 1 atom stereocenters. The van der Waals surface area contributed by atoms with Crippen LogP contribution in [0.5, 0.6) is 0 Å². The van der Waals surface area contributed by atoms with Gasteiger partial charge in [-0.1, -0.05) is 30.3 Å². The van der Waals surface area contributed by atoms with E-state index in [2.05, 4.69) is 0 Å². The van der Waals surface area contributed by atoms with Crippen molar-refractivity contribution in [3.8, 4) is 6.07 Å².